The Labute approximate surface area is 83.2 Å². The Kier molecular flexibility index (Phi) is 2.31. The third-order valence-electron chi connectivity index (χ3n) is 1.96. The summed E-state index contributed by atoms with van der Waals surface area (Å²) < 4.78 is 0. The van der Waals surface area contributed by atoms with Crippen LogP contribution in [0.15, 0.2) is 30.6 Å². The molecular weight excluding hydrogens is 174 g/mol. The van der Waals surface area contributed by atoms with E-state index in [1.54, 1.807) is 12.4 Å². The van der Waals surface area contributed by atoms with Gasteiger partial charge in [-0.15, -0.1) is 0 Å². The van der Waals surface area contributed by atoms with E-state index in [2.05, 4.69) is 29.1 Å². The second-order valence-corrected chi connectivity index (χ2v) is 3.53. The highest BCUT2D eigenvalue weighted by molar-refractivity contribution is 5.88. The number of fused-ring (bicyclic) bond motifs is 1. The maximum Gasteiger partial charge on any atom is 0.161 e. The monoisotopic (exact) mass is 187 g/mol. The first-order chi connectivity index (χ1) is 6.77. The van der Waals surface area contributed by atoms with Gasteiger partial charge in [0.05, 0.1) is 0 Å². The number of aromatic nitrogens is 2. The third kappa shape index (κ3) is 1.66. The molecule has 2 aromatic rings. The Morgan fingerprint density at radius 3 is 2.71 bits per heavy atom. The van der Waals surface area contributed by atoms with Crippen LogP contribution in [0, 0.1) is 0 Å². The lowest BCUT2D eigenvalue weighted by Gasteiger charge is -2.11. The van der Waals surface area contributed by atoms with Crippen molar-refractivity contribution in [2.75, 3.05) is 5.32 Å². The molecule has 0 fully saturated rings. The summed E-state index contributed by atoms with van der Waals surface area (Å²) in [5.74, 6) is 0. The number of nitrogens with zero attached hydrogens (tertiary/aromatic N) is 2. The van der Waals surface area contributed by atoms with Gasteiger partial charge in [-0.2, -0.15) is 0 Å². The molecule has 0 saturated carbocycles. The van der Waals surface area contributed by atoms with Crippen LogP contribution in [0.2, 0.25) is 0 Å². The van der Waals surface area contributed by atoms with Gasteiger partial charge >= 0.3 is 0 Å². The quantitative estimate of drug-likeness (QED) is 0.784. The Balaban J connectivity index is 2.53. The van der Waals surface area contributed by atoms with E-state index in [0.29, 0.717) is 6.04 Å². The lowest BCUT2D eigenvalue weighted by molar-refractivity contribution is 0.901. The van der Waals surface area contributed by atoms with Crippen LogP contribution in [0.3, 0.4) is 0 Å². The van der Waals surface area contributed by atoms with Crippen LogP contribution in [-0.4, -0.2) is 16.0 Å². The first-order valence-electron chi connectivity index (χ1n) is 4.73. The van der Waals surface area contributed by atoms with Crippen molar-refractivity contribution in [3.05, 3.63) is 30.6 Å². The fraction of sp³-hybridized carbons (Fsp3) is 0.273. The number of nitrogens with one attached hydrogen (secondary N) is 1. The van der Waals surface area contributed by atoms with Gasteiger partial charge in [-0.1, -0.05) is 0 Å². The molecule has 3 nitrogen and oxygen atoms in total. The predicted octanol–water partition coefficient (Wildman–Crippen LogP) is 2.45. The van der Waals surface area contributed by atoms with E-state index >= 15 is 0 Å². The second-order valence-electron chi connectivity index (χ2n) is 3.53. The molecule has 72 valence electrons. The van der Waals surface area contributed by atoms with Gasteiger partial charge in [0.2, 0.25) is 0 Å². The van der Waals surface area contributed by atoms with Crippen molar-refractivity contribution in [1.29, 1.82) is 0 Å². The second kappa shape index (κ2) is 3.62. The Morgan fingerprint density at radius 2 is 1.93 bits per heavy atom. The van der Waals surface area contributed by atoms with E-state index in [4.69, 9.17) is 0 Å². The van der Waals surface area contributed by atoms with Crippen LogP contribution in [0.4, 0.5) is 5.69 Å². The minimum Gasteiger partial charge on any atom is -0.382 e. The van der Waals surface area contributed by atoms with E-state index in [9.17, 15) is 0 Å². The highest BCUT2D eigenvalue weighted by Crippen LogP contribution is 2.19. The molecule has 0 unspecified atom stereocenters. The molecule has 1 N–H and O–H groups in total. The summed E-state index contributed by atoms with van der Waals surface area (Å²) in [5.41, 5.74) is 1.89. The largest absolute Gasteiger partial charge is 0.382 e. The lowest BCUT2D eigenvalue weighted by Crippen LogP contribution is -2.10. The SMILES string of the molecule is CC(C)Nc1ccnc2ncccc12. The van der Waals surface area contributed by atoms with E-state index in [1.807, 2.05) is 18.2 Å². The molecule has 0 aliphatic heterocycles. The average Bonchev–Trinajstić information content (AvgIpc) is 2.18. The Hall–Kier alpha value is -1.64. The molecule has 0 aliphatic carbocycles. The highest BCUT2D eigenvalue weighted by Gasteiger charge is 2.02. The van der Waals surface area contributed by atoms with Crippen LogP contribution in [0.25, 0.3) is 11.0 Å². The minimum absolute atomic E-state index is 0.417. The summed E-state index contributed by atoms with van der Waals surface area (Å²) >= 11 is 0. The zero-order valence-corrected chi connectivity index (χ0v) is 8.36. The molecule has 0 spiro atoms. The minimum atomic E-state index is 0.417. The van der Waals surface area contributed by atoms with Crippen LogP contribution in [-0.2, 0) is 0 Å². The predicted molar refractivity (Wildman–Crippen MR) is 58.3 cm³/mol. The molecule has 0 aromatic carbocycles. The first-order valence-corrected chi connectivity index (χ1v) is 4.73. The number of anilines is 1. The van der Waals surface area contributed by atoms with E-state index in [-0.39, 0.29) is 0 Å². The Bertz CT molecular complexity index is 432. The maximum absolute atomic E-state index is 4.20. The molecule has 0 amide bonds. The van der Waals surface area contributed by atoms with Crippen molar-refractivity contribution in [3.8, 4) is 0 Å². The van der Waals surface area contributed by atoms with Gasteiger partial charge in [-0.25, -0.2) is 9.97 Å². The molecule has 0 aliphatic rings. The van der Waals surface area contributed by atoms with Gasteiger partial charge in [0.15, 0.2) is 5.65 Å². The van der Waals surface area contributed by atoms with Gasteiger partial charge in [-0.05, 0) is 32.0 Å². The standard InChI is InChI=1S/C11H13N3/c1-8(2)14-10-5-7-13-11-9(10)4-3-6-12-11/h3-8H,1-2H3,(H,12,13,14). The summed E-state index contributed by atoms with van der Waals surface area (Å²) in [4.78, 5) is 8.40. The first kappa shape index (κ1) is 8.94. The molecular formula is C11H13N3. The van der Waals surface area contributed by atoms with E-state index in [1.165, 1.54) is 0 Å². The average molecular weight is 187 g/mol. The van der Waals surface area contributed by atoms with Gasteiger partial charge < -0.3 is 5.32 Å². The summed E-state index contributed by atoms with van der Waals surface area (Å²) in [6, 6.07) is 6.35. The molecule has 2 rings (SSSR count). The van der Waals surface area contributed by atoms with Crippen molar-refractivity contribution >= 4 is 16.7 Å². The van der Waals surface area contributed by atoms with Gasteiger partial charge in [0, 0.05) is 29.5 Å². The summed E-state index contributed by atoms with van der Waals surface area (Å²) in [5, 5.41) is 4.44. The third-order valence-corrected chi connectivity index (χ3v) is 1.96. The zero-order chi connectivity index (χ0) is 9.97. The van der Waals surface area contributed by atoms with Crippen molar-refractivity contribution in [3.63, 3.8) is 0 Å². The lowest BCUT2D eigenvalue weighted by atomic mass is 10.2. The molecule has 0 atom stereocenters. The van der Waals surface area contributed by atoms with Gasteiger partial charge in [0.1, 0.15) is 0 Å². The van der Waals surface area contributed by atoms with Crippen molar-refractivity contribution < 1.29 is 0 Å². The molecule has 14 heavy (non-hydrogen) atoms. The number of hydrogen-bond acceptors (Lipinski definition) is 3. The van der Waals surface area contributed by atoms with Crippen molar-refractivity contribution in [2.24, 2.45) is 0 Å². The fourth-order valence-electron chi connectivity index (χ4n) is 1.42. The van der Waals surface area contributed by atoms with E-state index < -0.39 is 0 Å². The summed E-state index contributed by atoms with van der Waals surface area (Å²) in [7, 11) is 0. The van der Waals surface area contributed by atoms with Crippen molar-refractivity contribution in [2.45, 2.75) is 19.9 Å². The van der Waals surface area contributed by atoms with E-state index in [0.717, 1.165) is 16.7 Å². The topological polar surface area (TPSA) is 37.8 Å². The number of rotatable bonds is 2. The fourth-order valence-corrected chi connectivity index (χ4v) is 1.42. The Morgan fingerprint density at radius 1 is 1.14 bits per heavy atom. The van der Waals surface area contributed by atoms with Crippen LogP contribution in [0.5, 0.6) is 0 Å². The van der Waals surface area contributed by atoms with Crippen LogP contribution < -0.4 is 5.32 Å². The van der Waals surface area contributed by atoms with Crippen LogP contribution >= 0.6 is 0 Å². The summed E-state index contributed by atoms with van der Waals surface area (Å²) in [6.07, 6.45) is 3.54. The van der Waals surface area contributed by atoms with Gasteiger partial charge in [0.25, 0.3) is 0 Å². The maximum atomic E-state index is 4.20. The van der Waals surface area contributed by atoms with Crippen LogP contribution in [0.1, 0.15) is 13.8 Å². The molecule has 3 heteroatoms. The summed E-state index contributed by atoms with van der Waals surface area (Å²) in [6.45, 7) is 4.23. The highest BCUT2D eigenvalue weighted by atomic mass is 14.9. The van der Waals surface area contributed by atoms with Crippen molar-refractivity contribution in [1.82, 2.24) is 9.97 Å². The normalized spacial score (nSPS) is 10.8. The molecule has 0 saturated heterocycles. The van der Waals surface area contributed by atoms with Gasteiger partial charge in [-0.3, -0.25) is 0 Å². The smallest absolute Gasteiger partial charge is 0.161 e. The molecule has 2 aromatic heterocycles. The number of hydrogen-bond donors (Lipinski definition) is 1. The number of pyridine rings is 2. The zero-order valence-electron chi connectivity index (χ0n) is 8.36. The molecule has 0 radical (unpaired) electrons. The molecule has 2 heterocycles. The molecule has 0 bridgehead atoms.